The molecule has 0 aromatic heterocycles. The van der Waals surface area contributed by atoms with E-state index < -0.39 is 122 Å². The summed E-state index contributed by atoms with van der Waals surface area (Å²) in [6, 6.07) is -1.52. The van der Waals surface area contributed by atoms with Crippen molar-refractivity contribution < 1.29 is 86.5 Å². The predicted octanol–water partition coefficient (Wildman–Crippen LogP) is -6.57. The fraction of sp³-hybridized carbons (Fsp3) is 0.950. The molecule has 20 heteroatoms. The highest BCUT2D eigenvalue weighted by atomic mass is 32.3. The Labute approximate surface area is 227 Å². The highest BCUT2D eigenvalue weighted by Gasteiger charge is 2.55. The van der Waals surface area contributed by atoms with Crippen LogP contribution in [0.3, 0.4) is 0 Å². The molecule has 19 nitrogen and oxygen atoms in total. The van der Waals surface area contributed by atoms with Gasteiger partial charge in [0.05, 0.1) is 19.3 Å². The van der Waals surface area contributed by atoms with Gasteiger partial charge < -0.3 is 69.9 Å². The smallest absolute Gasteiger partial charge is 0.394 e. The molecule has 234 valence electrons. The third kappa shape index (κ3) is 7.42. The largest absolute Gasteiger partial charge is 0.397 e. The van der Waals surface area contributed by atoms with Gasteiger partial charge >= 0.3 is 10.4 Å². The fourth-order valence-electron chi connectivity index (χ4n) is 4.64. The van der Waals surface area contributed by atoms with Crippen molar-refractivity contribution in [2.75, 3.05) is 13.2 Å². The first-order chi connectivity index (χ1) is 18.6. The molecule has 3 rings (SSSR count). The summed E-state index contributed by atoms with van der Waals surface area (Å²) in [6.45, 7) is 0.591. The molecule has 10 N–H and O–H groups in total. The maximum atomic E-state index is 11.9. The molecule has 1 unspecified atom stereocenters. The van der Waals surface area contributed by atoms with Crippen LogP contribution in [0.15, 0.2) is 0 Å². The van der Waals surface area contributed by atoms with Gasteiger partial charge in [-0.15, -0.1) is 0 Å². The summed E-state index contributed by atoms with van der Waals surface area (Å²) in [5.41, 5.74) is 0. The number of carbonyl (C=O) groups excluding carboxylic acids is 1. The van der Waals surface area contributed by atoms with Crippen LogP contribution in [-0.4, -0.2) is 165 Å². The van der Waals surface area contributed by atoms with Crippen molar-refractivity contribution in [2.45, 2.75) is 106 Å². The minimum absolute atomic E-state index is 0.713. The Hall–Kier alpha value is -1.18. The zero-order valence-electron chi connectivity index (χ0n) is 21.2. The second-order valence-corrected chi connectivity index (χ2v) is 10.6. The van der Waals surface area contributed by atoms with Crippen molar-refractivity contribution >= 4 is 16.3 Å². The Bertz CT molecular complexity index is 956. The van der Waals surface area contributed by atoms with E-state index in [2.05, 4.69) is 9.50 Å². The van der Waals surface area contributed by atoms with E-state index in [4.69, 9.17) is 28.2 Å². The predicted molar refractivity (Wildman–Crippen MR) is 122 cm³/mol. The summed E-state index contributed by atoms with van der Waals surface area (Å²) < 4.78 is 63.6. The van der Waals surface area contributed by atoms with Crippen LogP contribution in [0.5, 0.6) is 0 Å². The number of aliphatic hydroxyl groups is 8. The average Bonchev–Trinajstić information content (AvgIpc) is 2.87. The van der Waals surface area contributed by atoms with Crippen LogP contribution in [0, 0.1) is 0 Å². The lowest BCUT2D eigenvalue weighted by Crippen LogP contribution is -2.69. The number of ether oxygens (including phenoxy) is 5. The Morgan fingerprint density at radius 2 is 1.35 bits per heavy atom. The number of rotatable bonds is 9. The van der Waals surface area contributed by atoms with Crippen molar-refractivity contribution in [1.82, 2.24) is 5.32 Å². The van der Waals surface area contributed by atoms with Gasteiger partial charge in [-0.05, 0) is 6.92 Å². The minimum Gasteiger partial charge on any atom is -0.394 e. The van der Waals surface area contributed by atoms with Crippen LogP contribution < -0.4 is 5.32 Å². The van der Waals surface area contributed by atoms with Crippen molar-refractivity contribution in [1.29, 1.82) is 0 Å². The maximum Gasteiger partial charge on any atom is 0.397 e. The lowest BCUT2D eigenvalue weighted by atomic mass is 9.94. The SMILES string of the molecule is CC(=O)N[C@H]1C(O)O[C@H](CO)[C@@H](O[C@@H]2O[C@H](CO)[C@H](O)[C@H](OS(=O)(=O)O)[C@H]2O)[C@@H]1O[C@@H]1O[C@@H](C)[C@@H](O)[C@@H](O)[C@@H]1O. The van der Waals surface area contributed by atoms with E-state index in [0.717, 1.165) is 6.92 Å². The van der Waals surface area contributed by atoms with Gasteiger partial charge in [0.2, 0.25) is 5.91 Å². The molecule has 40 heavy (non-hydrogen) atoms. The third-order valence-corrected chi connectivity index (χ3v) is 7.13. The standard InChI is InChI=1S/C20H35NO18S/c1-5-10(25)12(27)13(28)19(34-5)38-16-9(21-6(2)24)18(30)35-8(4-23)15(16)37-20-14(29)17(39-40(31,32)33)11(26)7(3-22)36-20/h5,7-20,22-23,25-30H,3-4H2,1-2H3,(H,21,24)(H,31,32,33)/t5-,7+,8+,9+,10+,11-,12+,13-,14+,15+,16+,17-,18?,19-,20-/m0/s1. The summed E-state index contributed by atoms with van der Waals surface area (Å²) in [5.74, 6) is -0.713. The molecule has 3 aliphatic heterocycles. The van der Waals surface area contributed by atoms with Gasteiger partial charge in [0.15, 0.2) is 18.9 Å². The molecule has 0 spiro atoms. The van der Waals surface area contributed by atoms with Crippen LogP contribution in [0.25, 0.3) is 0 Å². The maximum absolute atomic E-state index is 11.9. The lowest BCUT2D eigenvalue weighted by molar-refractivity contribution is -0.369. The van der Waals surface area contributed by atoms with Crippen molar-refractivity contribution in [2.24, 2.45) is 0 Å². The highest BCUT2D eigenvalue weighted by Crippen LogP contribution is 2.33. The van der Waals surface area contributed by atoms with Crippen LogP contribution in [0.2, 0.25) is 0 Å². The van der Waals surface area contributed by atoms with Crippen molar-refractivity contribution in [3.63, 3.8) is 0 Å². The van der Waals surface area contributed by atoms with Gasteiger partial charge in [-0.1, -0.05) is 0 Å². The van der Waals surface area contributed by atoms with Gasteiger partial charge in [0, 0.05) is 6.92 Å². The molecule has 3 heterocycles. The second kappa shape index (κ2) is 13.4. The second-order valence-electron chi connectivity index (χ2n) is 9.55. The molecular weight excluding hydrogens is 574 g/mol. The molecule has 15 atom stereocenters. The van der Waals surface area contributed by atoms with E-state index in [1.165, 1.54) is 6.92 Å². The number of aliphatic hydroxyl groups excluding tert-OH is 8. The van der Waals surface area contributed by atoms with Gasteiger partial charge in [0.1, 0.15) is 67.1 Å². The van der Waals surface area contributed by atoms with Gasteiger partial charge in [-0.25, -0.2) is 4.18 Å². The van der Waals surface area contributed by atoms with E-state index in [0.29, 0.717) is 0 Å². The summed E-state index contributed by atoms with van der Waals surface area (Å²) in [4.78, 5) is 11.9. The minimum atomic E-state index is -5.24. The third-order valence-electron chi connectivity index (χ3n) is 6.66. The topological polar surface area (TPSA) is 301 Å². The molecule has 0 aromatic rings. The Balaban J connectivity index is 1.97. The quantitative estimate of drug-likeness (QED) is 0.109. The molecule has 3 aliphatic rings. The van der Waals surface area contributed by atoms with Gasteiger partial charge in [-0.2, -0.15) is 8.42 Å². The Morgan fingerprint density at radius 1 is 0.775 bits per heavy atom. The molecule has 0 bridgehead atoms. The van der Waals surface area contributed by atoms with Gasteiger partial charge in [0.25, 0.3) is 0 Å². The summed E-state index contributed by atoms with van der Waals surface area (Å²) in [5, 5.41) is 84.0. The van der Waals surface area contributed by atoms with Crippen LogP contribution in [0.1, 0.15) is 13.8 Å². The highest BCUT2D eigenvalue weighted by molar-refractivity contribution is 7.80. The number of carbonyl (C=O) groups is 1. The van der Waals surface area contributed by atoms with Crippen LogP contribution >= 0.6 is 0 Å². The molecule has 3 saturated heterocycles. The van der Waals surface area contributed by atoms with Crippen molar-refractivity contribution in [3.8, 4) is 0 Å². The number of nitrogens with one attached hydrogen (secondary N) is 1. The molecule has 0 saturated carbocycles. The molecule has 0 aliphatic carbocycles. The van der Waals surface area contributed by atoms with E-state index in [1.54, 1.807) is 0 Å². The summed E-state index contributed by atoms with van der Waals surface area (Å²) in [6.07, 6.45) is -24.5. The van der Waals surface area contributed by atoms with Gasteiger partial charge in [-0.3, -0.25) is 9.35 Å². The average molecular weight is 610 g/mol. The first-order valence-electron chi connectivity index (χ1n) is 12.1. The molecule has 3 fully saturated rings. The lowest BCUT2D eigenvalue weighted by Gasteiger charge is -2.49. The van der Waals surface area contributed by atoms with E-state index >= 15 is 0 Å². The summed E-state index contributed by atoms with van der Waals surface area (Å²) >= 11 is 0. The van der Waals surface area contributed by atoms with Crippen LogP contribution in [0.4, 0.5) is 0 Å². The first-order valence-corrected chi connectivity index (χ1v) is 13.5. The Morgan fingerprint density at radius 3 is 1.90 bits per heavy atom. The van der Waals surface area contributed by atoms with Crippen molar-refractivity contribution in [3.05, 3.63) is 0 Å². The molecule has 0 radical (unpaired) electrons. The van der Waals surface area contributed by atoms with Crippen LogP contribution in [-0.2, 0) is 43.1 Å². The zero-order valence-corrected chi connectivity index (χ0v) is 22.0. The number of hydrogen-bond donors (Lipinski definition) is 10. The molecule has 1 amide bonds. The number of amides is 1. The molecular formula is C20H35NO18S. The summed E-state index contributed by atoms with van der Waals surface area (Å²) in [7, 11) is -5.24. The zero-order chi connectivity index (χ0) is 30.1. The normalized spacial score (nSPS) is 46.6. The van der Waals surface area contributed by atoms with E-state index in [9.17, 15) is 54.1 Å². The Kier molecular flexibility index (Phi) is 11.2. The first kappa shape index (κ1) is 33.3. The van der Waals surface area contributed by atoms with E-state index in [1.807, 2.05) is 0 Å². The fourth-order valence-corrected chi connectivity index (χ4v) is 5.15. The molecule has 0 aromatic carbocycles. The number of hydrogen-bond acceptors (Lipinski definition) is 17. The van der Waals surface area contributed by atoms with E-state index in [-0.39, 0.29) is 0 Å². The monoisotopic (exact) mass is 609 g/mol.